The van der Waals surface area contributed by atoms with Gasteiger partial charge < -0.3 is 10.2 Å². The number of carbonyl (C=O) groups is 1. The van der Waals surface area contributed by atoms with Gasteiger partial charge in [-0.1, -0.05) is 13.8 Å². The molecule has 0 bridgehead atoms. The van der Waals surface area contributed by atoms with Gasteiger partial charge in [-0.3, -0.25) is 9.48 Å². The van der Waals surface area contributed by atoms with Crippen LogP contribution in [-0.2, 0) is 13.5 Å². The minimum atomic E-state index is 0.117. The van der Waals surface area contributed by atoms with Crippen LogP contribution in [0.15, 0.2) is 6.20 Å². The van der Waals surface area contributed by atoms with Gasteiger partial charge >= 0.3 is 0 Å². The Kier molecular flexibility index (Phi) is 5.39. The van der Waals surface area contributed by atoms with Gasteiger partial charge in [0.05, 0.1) is 11.3 Å². The normalized spacial score (nSPS) is 22.3. The van der Waals surface area contributed by atoms with Gasteiger partial charge in [0.2, 0.25) is 0 Å². The SMILES string of the molecule is CCNC1CCC(N(C)C(=O)c2cn(C)nc2CC)CC1. The molecule has 0 atom stereocenters. The molecule has 1 saturated carbocycles. The first-order chi connectivity index (χ1) is 10.1. The summed E-state index contributed by atoms with van der Waals surface area (Å²) in [4.78, 5) is 14.6. The van der Waals surface area contributed by atoms with Crippen molar-refractivity contribution in [3.8, 4) is 0 Å². The molecule has 0 radical (unpaired) electrons. The van der Waals surface area contributed by atoms with Gasteiger partial charge in [-0.15, -0.1) is 0 Å². The molecule has 0 aromatic carbocycles. The molecule has 1 aliphatic rings. The second kappa shape index (κ2) is 7.07. The van der Waals surface area contributed by atoms with E-state index in [1.165, 1.54) is 0 Å². The van der Waals surface area contributed by atoms with E-state index in [4.69, 9.17) is 0 Å². The smallest absolute Gasteiger partial charge is 0.257 e. The fourth-order valence-corrected chi connectivity index (χ4v) is 3.29. The number of hydrogen-bond donors (Lipinski definition) is 1. The summed E-state index contributed by atoms with van der Waals surface area (Å²) in [6.07, 6.45) is 7.13. The highest BCUT2D eigenvalue weighted by molar-refractivity contribution is 5.95. The highest BCUT2D eigenvalue weighted by atomic mass is 16.2. The maximum Gasteiger partial charge on any atom is 0.257 e. The van der Waals surface area contributed by atoms with Crippen LogP contribution >= 0.6 is 0 Å². The summed E-state index contributed by atoms with van der Waals surface area (Å²) in [5.74, 6) is 0.117. The number of aromatic nitrogens is 2. The first-order valence-corrected chi connectivity index (χ1v) is 8.09. The number of nitrogens with zero attached hydrogens (tertiary/aromatic N) is 3. The van der Waals surface area contributed by atoms with E-state index in [1.807, 2.05) is 32.1 Å². The number of nitrogens with one attached hydrogen (secondary N) is 1. The molecule has 1 aromatic heterocycles. The molecular weight excluding hydrogens is 264 g/mol. The van der Waals surface area contributed by atoms with Crippen LogP contribution in [0.5, 0.6) is 0 Å². The highest BCUT2D eigenvalue weighted by Crippen LogP contribution is 2.24. The monoisotopic (exact) mass is 292 g/mol. The van der Waals surface area contributed by atoms with Crippen LogP contribution in [0, 0.1) is 0 Å². The Bertz CT molecular complexity index is 475. The third-order valence-electron chi connectivity index (χ3n) is 4.53. The van der Waals surface area contributed by atoms with Crippen LogP contribution in [0.4, 0.5) is 0 Å². The lowest BCUT2D eigenvalue weighted by Gasteiger charge is -2.35. The van der Waals surface area contributed by atoms with E-state index in [-0.39, 0.29) is 5.91 Å². The zero-order valence-corrected chi connectivity index (χ0v) is 13.7. The van der Waals surface area contributed by atoms with Crippen LogP contribution in [0.1, 0.15) is 55.6 Å². The second-order valence-electron chi connectivity index (χ2n) is 6.00. The van der Waals surface area contributed by atoms with Crippen LogP contribution in [0.2, 0.25) is 0 Å². The van der Waals surface area contributed by atoms with Gasteiger partial charge in [-0.2, -0.15) is 5.10 Å². The van der Waals surface area contributed by atoms with E-state index in [0.717, 1.165) is 49.9 Å². The third-order valence-corrected chi connectivity index (χ3v) is 4.53. The summed E-state index contributed by atoms with van der Waals surface area (Å²) in [7, 11) is 3.81. The van der Waals surface area contributed by atoms with Crippen LogP contribution in [0.3, 0.4) is 0 Å². The molecule has 5 nitrogen and oxygen atoms in total. The predicted molar refractivity (Wildman–Crippen MR) is 84.4 cm³/mol. The lowest BCUT2D eigenvalue weighted by molar-refractivity contribution is 0.0683. The molecule has 1 heterocycles. The fraction of sp³-hybridized carbons (Fsp3) is 0.750. The van der Waals surface area contributed by atoms with E-state index in [2.05, 4.69) is 17.3 Å². The van der Waals surface area contributed by atoms with Gasteiger partial charge in [0, 0.05) is 32.4 Å². The Morgan fingerprint density at radius 3 is 2.62 bits per heavy atom. The zero-order valence-electron chi connectivity index (χ0n) is 13.7. The van der Waals surface area contributed by atoms with E-state index < -0.39 is 0 Å². The van der Waals surface area contributed by atoms with Crippen molar-refractivity contribution >= 4 is 5.91 Å². The lowest BCUT2D eigenvalue weighted by Crippen LogP contribution is -2.43. The fourth-order valence-electron chi connectivity index (χ4n) is 3.29. The lowest BCUT2D eigenvalue weighted by atomic mass is 9.90. The van der Waals surface area contributed by atoms with Gasteiger partial charge in [0.15, 0.2) is 0 Å². The molecular formula is C16H28N4O. The van der Waals surface area contributed by atoms with Crippen molar-refractivity contribution in [3.63, 3.8) is 0 Å². The van der Waals surface area contributed by atoms with E-state index in [1.54, 1.807) is 4.68 Å². The summed E-state index contributed by atoms with van der Waals surface area (Å²) in [5, 5.41) is 7.88. The quantitative estimate of drug-likeness (QED) is 0.903. The van der Waals surface area contributed by atoms with Crippen molar-refractivity contribution in [2.75, 3.05) is 13.6 Å². The van der Waals surface area contributed by atoms with Crippen molar-refractivity contribution in [2.45, 2.75) is 58.0 Å². The first-order valence-electron chi connectivity index (χ1n) is 8.09. The Morgan fingerprint density at radius 2 is 2.05 bits per heavy atom. The molecule has 0 aliphatic heterocycles. The standard InChI is InChI=1S/C16H28N4O/c1-5-15-14(11-19(3)18-15)16(21)20(4)13-9-7-12(8-10-13)17-6-2/h11-13,17H,5-10H2,1-4H3. The molecule has 1 N–H and O–H groups in total. The van der Waals surface area contributed by atoms with Gasteiger partial charge in [0.25, 0.3) is 5.91 Å². The maximum atomic E-state index is 12.7. The molecule has 1 aliphatic carbocycles. The molecule has 0 unspecified atom stereocenters. The average molecular weight is 292 g/mol. The van der Waals surface area contributed by atoms with Gasteiger partial charge in [-0.25, -0.2) is 0 Å². The predicted octanol–water partition coefficient (Wildman–Crippen LogP) is 1.98. The highest BCUT2D eigenvalue weighted by Gasteiger charge is 2.28. The number of aryl methyl sites for hydroxylation is 2. The van der Waals surface area contributed by atoms with Crippen molar-refractivity contribution in [2.24, 2.45) is 7.05 Å². The zero-order chi connectivity index (χ0) is 15.4. The minimum absolute atomic E-state index is 0.117. The summed E-state index contributed by atoms with van der Waals surface area (Å²) < 4.78 is 1.74. The molecule has 21 heavy (non-hydrogen) atoms. The maximum absolute atomic E-state index is 12.7. The summed E-state index contributed by atoms with van der Waals surface area (Å²) in [6.45, 7) is 5.22. The molecule has 0 saturated heterocycles. The van der Waals surface area contributed by atoms with Crippen molar-refractivity contribution < 1.29 is 4.79 Å². The molecule has 2 rings (SSSR count). The number of carbonyl (C=O) groups excluding carboxylic acids is 1. The minimum Gasteiger partial charge on any atom is -0.339 e. The Labute approximate surface area is 127 Å². The topological polar surface area (TPSA) is 50.2 Å². The van der Waals surface area contributed by atoms with E-state index in [9.17, 15) is 4.79 Å². The number of rotatable bonds is 5. The first kappa shape index (κ1) is 16.0. The molecule has 0 spiro atoms. The van der Waals surface area contributed by atoms with Gasteiger partial charge in [0.1, 0.15) is 0 Å². The van der Waals surface area contributed by atoms with Crippen LogP contribution in [-0.4, -0.2) is 46.3 Å². The number of amides is 1. The second-order valence-corrected chi connectivity index (χ2v) is 6.00. The Morgan fingerprint density at radius 1 is 1.38 bits per heavy atom. The van der Waals surface area contributed by atoms with E-state index >= 15 is 0 Å². The van der Waals surface area contributed by atoms with Gasteiger partial charge in [-0.05, 0) is 38.6 Å². The van der Waals surface area contributed by atoms with Crippen molar-refractivity contribution in [1.82, 2.24) is 20.0 Å². The summed E-state index contributed by atoms with van der Waals surface area (Å²) in [5.41, 5.74) is 1.66. The van der Waals surface area contributed by atoms with E-state index in [0.29, 0.717) is 12.1 Å². The molecule has 118 valence electrons. The van der Waals surface area contributed by atoms with Crippen LogP contribution in [0.25, 0.3) is 0 Å². The van der Waals surface area contributed by atoms with Crippen molar-refractivity contribution in [3.05, 3.63) is 17.5 Å². The Balaban J connectivity index is 2.00. The third kappa shape index (κ3) is 3.64. The number of hydrogen-bond acceptors (Lipinski definition) is 3. The largest absolute Gasteiger partial charge is 0.339 e. The molecule has 5 heteroatoms. The molecule has 1 fully saturated rings. The van der Waals surface area contributed by atoms with Crippen LogP contribution < -0.4 is 5.32 Å². The molecule has 1 amide bonds. The average Bonchev–Trinajstić information content (AvgIpc) is 2.88. The Hall–Kier alpha value is -1.36. The molecule has 1 aromatic rings. The summed E-state index contributed by atoms with van der Waals surface area (Å²) in [6, 6.07) is 0.983. The summed E-state index contributed by atoms with van der Waals surface area (Å²) >= 11 is 0. The van der Waals surface area contributed by atoms with Crippen molar-refractivity contribution in [1.29, 1.82) is 0 Å².